The van der Waals surface area contributed by atoms with Gasteiger partial charge in [-0.3, -0.25) is 4.79 Å². The lowest BCUT2D eigenvalue weighted by Crippen LogP contribution is -2.30. The van der Waals surface area contributed by atoms with Gasteiger partial charge in [0.1, 0.15) is 11.5 Å². The van der Waals surface area contributed by atoms with Crippen LogP contribution in [0.15, 0.2) is 42.5 Å². The van der Waals surface area contributed by atoms with Crippen LogP contribution in [0.2, 0.25) is 0 Å². The molecule has 0 aliphatic heterocycles. The van der Waals surface area contributed by atoms with E-state index >= 15 is 0 Å². The zero-order valence-corrected chi connectivity index (χ0v) is 14.9. The molecular formula is C20H25NO3. The molecule has 0 unspecified atom stereocenters. The summed E-state index contributed by atoms with van der Waals surface area (Å²) in [5.74, 6) is 1.22. The summed E-state index contributed by atoms with van der Waals surface area (Å²) in [4.78, 5) is 12.3. The van der Waals surface area contributed by atoms with Gasteiger partial charge in [-0.2, -0.15) is 0 Å². The molecule has 0 fully saturated rings. The molecule has 4 nitrogen and oxygen atoms in total. The largest absolute Gasteiger partial charge is 0.491 e. The number of carbonyl (C=O) groups excluding carboxylic acids is 1. The molecule has 0 aliphatic rings. The van der Waals surface area contributed by atoms with Gasteiger partial charge < -0.3 is 14.8 Å². The van der Waals surface area contributed by atoms with Crippen LogP contribution in [-0.2, 0) is 4.79 Å². The molecule has 1 N–H and O–H groups in total. The molecule has 0 heterocycles. The van der Waals surface area contributed by atoms with Gasteiger partial charge in [0.05, 0.1) is 6.10 Å². The highest BCUT2D eigenvalue weighted by Gasteiger charge is 2.15. The van der Waals surface area contributed by atoms with Crippen LogP contribution in [0.25, 0.3) is 0 Å². The normalized spacial score (nSPS) is 11.9. The fraction of sp³-hybridized carbons (Fsp3) is 0.350. The number of rotatable bonds is 6. The molecule has 0 bridgehead atoms. The van der Waals surface area contributed by atoms with Crippen LogP contribution in [0.4, 0.5) is 5.69 Å². The van der Waals surface area contributed by atoms with Gasteiger partial charge in [-0.25, -0.2) is 0 Å². The topological polar surface area (TPSA) is 47.6 Å². The third-order valence-corrected chi connectivity index (χ3v) is 3.63. The quantitative estimate of drug-likeness (QED) is 0.850. The third kappa shape index (κ3) is 5.01. The van der Waals surface area contributed by atoms with Crippen molar-refractivity contribution < 1.29 is 14.3 Å². The smallest absolute Gasteiger partial charge is 0.265 e. The molecule has 4 heteroatoms. The molecule has 2 aromatic rings. The Hall–Kier alpha value is -2.49. The zero-order valence-electron chi connectivity index (χ0n) is 14.9. The van der Waals surface area contributed by atoms with Gasteiger partial charge in [-0.15, -0.1) is 0 Å². The first-order chi connectivity index (χ1) is 11.3. The molecule has 1 amide bonds. The van der Waals surface area contributed by atoms with E-state index in [9.17, 15) is 4.79 Å². The van der Waals surface area contributed by atoms with E-state index in [1.165, 1.54) is 5.56 Å². The van der Waals surface area contributed by atoms with E-state index in [0.717, 1.165) is 11.3 Å². The predicted octanol–water partition coefficient (Wildman–Crippen LogP) is 4.50. The summed E-state index contributed by atoms with van der Waals surface area (Å²) < 4.78 is 11.4. The van der Waals surface area contributed by atoms with E-state index in [1.807, 2.05) is 64.1 Å². The van der Waals surface area contributed by atoms with Crippen LogP contribution in [0.3, 0.4) is 0 Å². The Labute approximate surface area is 143 Å². The highest BCUT2D eigenvalue weighted by molar-refractivity contribution is 5.94. The van der Waals surface area contributed by atoms with Gasteiger partial charge in [-0.1, -0.05) is 12.1 Å². The fourth-order valence-electron chi connectivity index (χ4n) is 2.21. The minimum Gasteiger partial charge on any atom is -0.491 e. The average Bonchev–Trinajstić information content (AvgIpc) is 2.50. The number of hydrogen-bond acceptors (Lipinski definition) is 3. The summed E-state index contributed by atoms with van der Waals surface area (Å²) in [5.41, 5.74) is 3.02. The van der Waals surface area contributed by atoms with Crippen LogP contribution in [0, 0.1) is 13.8 Å². The Morgan fingerprint density at radius 2 is 1.62 bits per heavy atom. The summed E-state index contributed by atoms with van der Waals surface area (Å²) in [5, 5.41) is 2.86. The van der Waals surface area contributed by atoms with Crippen LogP contribution in [-0.4, -0.2) is 18.1 Å². The molecule has 128 valence electrons. The minimum absolute atomic E-state index is 0.0861. The lowest BCUT2D eigenvalue weighted by atomic mass is 10.1. The van der Waals surface area contributed by atoms with Crippen LogP contribution in [0.1, 0.15) is 31.9 Å². The molecule has 0 saturated carbocycles. The average molecular weight is 327 g/mol. The van der Waals surface area contributed by atoms with E-state index in [1.54, 1.807) is 13.0 Å². The summed E-state index contributed by atoms with van der Waals surface area (Å²) >= 11 is 0. The summed E-state index contributed by atoms with van der Waals surface area (Å²) in [7, 11) is 0. The standard InChI is InChI=1S/C20H25NO3/c1-13(2)23-18-8-6-7-17(12-18)21-20(22)16(5)24-19-10-9-14(3)15(4)11-19/h6-13,16H,1-5H3,(H,21,22)/t16-/m1/s1. The molecule has 0 radical (unpaired) electrons. The lowest BCUT2D eigenvalue weighted by molar-refractivity contribution is -0.122. The maximum Gasteiger partial charge on any atom is 0.265 e. The number of ether oxygens (including phenoxy) is 2. The van der Waals surface area contributed by atoms with Gasteiger partial charge in [0, 0.05) is 11.8 Å². The van der Waals surface area contributed by atoms with Crippen LogP contribution >= 0.6 is 0 Å². The number of anilines is 1. The van der Waals surface area contributed by atoms with Crippen molar-refractivity contribution in [1.29, 1.82) is 0 Å². The number of nitrogens with one attached hydrogen (secondary N) is 1. The minimum atomic E-state index is -0.596. The highest BCUT2D eigenvalue weighted by atomic mass is 16.5. The first-order valence-electron chi connectivity index (χ1n) is 8.16. The Bertz CT molecular complexity index is 710. The molecule has 2 aromatic carbocycles. The molecular weight excluding hydrogens is 302 g/mol. The van der Waals surface area contributed by atoms with Gasteiger partial charge >= 0.3 is 0 Å². The summed E-state index contributed by atoms with van der Waals surface area (Å²) in [6, 6.07) is 13.2. The van der Waals surface area contributed by atoms with Crippen LogP contribution < -0.4 is 14.8 Å². The van der Waals surface area contributed by atoms with Crippen molar-refractivity contribution in [2.45, 2.75) is 46.8 Å². The Morgan fingerprint density at radius 1 is 0.917 bits per heavy atom. The van der Waals surface area contributed by atoms with E-state index in [2.05, 4.69) is 5.32 Å². The first-order valence-corrected chi connectivity index (χ1v) is 8.16. The van der Waals surface area contributed by atoms with Crippen molar-refractivity contribution in [2.24, 2.45) is 0 Å². The molecule has 1 atom stereocenters. The monoisotopic (exact) mass is 327 g/mol. The van der Waals surface area contributed by atoms with E-state index in [0.29, 0.717) is 11.4 Å². The second kappa shape index (κ2) is 7.86. The van der Waals surface area contributed by atoms with E-state index in [4.69, 9.17) is 9.47 Å². The Kier molecular flexibility index (Phi) is 5.85. The number of benzene rings is 2. The maximum absolute atomic E-state index is 12.3. The highest BCUT2D eigenvalue weighted by Crippen LogP contribution is 2.20. The van der Waals surface area contributed by atoms with Crippen molar-refractivity contribution in [2.75, 3.05) is 5.32 Å². The van der Waals surface area contributed by atoms with Crippen LogP contribution in [0.5, 0.6) is 11.5 Å². The SMILES string of the molecule is Cc1ccc(O[C@H](C)C(=O)Nc2cccc(OC(C)C)c2)cc1C. The van der Waals surface area contributed by atoms with Crippen molar-refractivity contribution in [3.8, 4) is 11.5 Å². The van der Waals surface area contributed by atoms with Crippen molar-refractivity contribution in [1.82, 2.24) is 0 Å². The number of aryl methyl sites for hydroxylation is 2. The van der Waals surface area contributed by atoms with Crippen molar-refractivity contribution in [3.05, 3.63) is 53.6 Å². The maximum atomic E-state index is 12.3. The van der Waals surface area contributed by atoms with Crippen molar-refractivity contribution in [3.63, 3.8) is 0 Å². The zero-order chi connectivity index (χ0) is 17.7. The third-order valence-electron chi connectivity index (χ3n) is 3.63. The summed E-state index contributed by atoms with van der Waals surface area (Å²) in [6.45, 7) is 9.73. The molecule has 0 spiro atoms. The first kappa shape index (κ1) is 17.9. The molecule has 0 aliphatic carbocycles. The van der Waals surface area contributed by atoms with Gasteiger partial charge in [0.15, 0.2) is 6.10 Å². The Morgan fingerprint density at radius 3 is 2.29 bits per heavy atom. The second-order valence-corrected chi connectivity index (χ2v) is 6.19. The van der Waals surface area contributed by atoms with Crippen molar-refractivity contribution >= 4 is 11.6 Å². The van der Waals surface area contributed by atoms with E-state index < -0.39 is 6.10 Å². The molecule has 2 rings (SSSR count). The van der Waals surface area contributed by atoms with Gasteiger partial charge in [0.2, 0.25) is 0 Å². The number of hydrogen-bond donors (Lipinski definition) is 1. The molecule has 24 heavy (non-hydrogen) atoms. The lowest BCUT2D eigenvalue weighted by Gasteiger charge is -2.16. The predicted molar refractivity (Wildman–Crippen MR) is 96.8 cm³/mol. The summed E-state index contributed by atoms with van der Waals surface area (Å²) in [6.07, 6.45) is -0.509. The Balaban J connectivity index is 1.99. The number of carbonyl (C=O) groups is 1. The number of amides is 1. The van der Waals surface area contributed by atoms with Gasteiger partial charge in [0.25, 0.3) is 5.91 Å². The van der Waals surface area contributed by atoms with E-state index in [-0.39, 0.29) is 12.0 Å². The second-order valence-electron chi connectivity index (χ2n) is 6.19. The molecule has 0 saturated heterocycles. The van der Waals surface area contributed by atoms with Gasteiger partial charge in [-0.05, 0) is 70.0 Å². The molecule has 0 aromatic heterocycles. The fourth-order valence-corrected chi connectivity index (χ4v) is 2.21.